The molecule has 0 saturated carbocycles. The molecule has 0 saturated heterocycles. The second-order valence-electron chi connectivity index (χ2n) is 6.41. The molecule has 0 heterocycles. The van der Waals surface area contributed by atoms with Gasteiger partial charge in [0, 0.05) is 11.4 Å². The molecule has 28 heavy (non-hydrogen) atoms. The number of carbonyl (C=O) groups is 2. The fourth-order valence-corrected chi connectivity index (χ4v) is 3.14. The third-order valence-corrected chi connectivity index (χ3v) is 5.24. The van der Waals surface area contributed by atoms with E-state index in [1.54, 1.807) is 37.7 Å². The van der Waals surface area contributed by atoms with Crippen LogP contribution in [0.3, 0.4) is 0 Å². The summed E-state index contributed by atoms with van der Waals surface area (Å²) in [6, 6.07) is 14.7. The number of anilines is 1. The summed E-state index contributed by atoms with van der Waals surface area (Å²) < 4.78 is 5.13. The number of amides is 2. The number of nitrogens with one attached hydrogen (secondary N) is 2. The number of nitrogens with zero attached hydrogens (tertiary/aromatic N) is 1. The van der Waals surface area contributed by atoms with Crippen molar-refractivity contribution in [2.24, 2.45) is 0 Å². The Hall–Kier alpha value is -2.51. The molecule has 0 aliphatic heterocycles. The van der Waals surface area contributed by atoms with Crippen LogP contribution in [0.2, 0.25) is 0 Å². The summed E-state index contributed by atoms with van der Waals surface area (Å²) >= 11 is 1.57. The van der Waals surface area contributed by atoms with E-state index in [9.17, 15) is 9.59 Å². The Bertz CT molecular complexity index is 796. The van der Waals surface area contributed by atoms with Crippen LogP contribution in [0.1, 0.15) is 12.5 Å². The van der Waals surface area contributed by atoms with E-state index in [0.29, 0.717) is 6.54 Å². The van der Waals surface area contributed by atoms with Crippen molar-refractivity contribution < 1.29 is 14.3 Å². The number of hydrogen-bond acceptors (Lipinski definition) is 5. The van der Waals surface area contributed by atoms with Gasteiger partial charge in [-0.05, 0) is 50.1 Å². The third kappa shape index (κ3) is 6.28. The minimum atomic E-state index is -0.431. The standard InChI is InChI=1S/C21H27N3O3S/c1-15(21(26)22-13-16-9-11-17(27-3)12-10-16)24(2)14-20(25)23-18-7-5-6-8-19(18)28-4/h5-12,15H,13-14H2,1-4H3,(H,22,26)(H,23,25)/t15-/m1/s1. The fourth-order valence-electron chi connectivity index (χ4n) is 2.58. The third-order valence-electron chi connectivity index (χ3n) is 4.44. The van der Waals surface area contributed by atoms with Gasteiger partial charge >= 0.3 is 0 Å². The van der Waals surface area contributed by atoms with Gasteiger partial charge < -0.3 is 15.4 Å². The largest absolute Gasteiger partial charge is 0.497 e. The molecule has 150 valence electrons. The van der Waals surface area contributed by atoms with E-state index in [2.05, 4.69) is 10.6 Å². The summed E-state index contributed by atoms with van der Waals surface area (Å²) in [6.45, 7) is 2.33. The number of rotatable bonds is 9. The van der Waals surface area contributed by atoms with Crippen molar-refractivity contribution in [1.29, 1.82) is 0 Å². The Morgan fingerprint density at radius 3 is 2.46 bits per heavy atom. The molecule has 2 aromatic carbocycles. The Balaban J connectivity index is 1.83. The molecule has 0 fully saturated rings. The minimum Gasteiger partial charge on any atom is -0.497 e. The lowest BCUT2D eigenvalue weighted by Crippen LogP contribution is -2.45. The molecule has 0 spiro atoms. The minimum absolute atomic E-state index is 0.125. The highest BCUT2D eigenvalue weighted by molar-refractivity contribution is 7.98. The average Bonchev–Trinajstić information content (AvgIpc) is 2.72. The molecule has 2 rings (SSSR count). The van der Waals surface area contributed by atoms with Gasteiger partial charge in [-0.15, -0.1) is 11.8 Å². The summed E-state index contributed by atoms with van der Waals surface area (Å²) in [5, 5.41) is 5.81. The Labute approximate surface area is 170 Å². The van der Waals surface area contributed by atoms with Gasteiger partial charge in [0.1, 0.15) is 5.75 Å². The lowest BCUT2D eigenvalue weighted by molar-refractivity contribution is -0.126. The van der Waals surface area contributed by atoms with Crippen LogP contribution in [0.15, 0.2) is 53.4 Å². The SMILES string of the molecule is COc1ccc(CNC(=O)[C@@H](C)N(C)CC(=O)Nc2ccccc2SC)cc1. The summed E-state index contributed by atoms with van der Waals surface area (Å²) in [6.07, 6.45) is 1.96. The zero-order valence-corrected chi connectivity index (χ0v) is 17.5. The van der Waals surface area contributed by atoms with Crippen LogP contribution in [-0.4, -0.2) is 49.7 Å². The van der Waals surface area contributed by atoms with Crippen molar-refractivity contribution in [2.75, 3.05) is 32.3 Å². The number of ether oxygens (including phenoxy) is 1. The normalized spacial score (nSPS) is 11.8. The van der Waals surface area contributed by atoms with Crippen LogP contribution >= 0.6 is 11.8 Å². The topological polar surface area (TPSA) is 70.7 Å². The molecule has 2 aromatic rings. The molecular formula is C21H27N3O3S. The summed E-state index contributed by atoms with van der Waals surface area (Å²) in [7, 11) is 3.38. The van der Waals surface area contributed by atoms with Crippen molar-refractivity contribution in [3.63, 3.8) is 0 Å². The molecule has 1 atom stereocenters. The molecule has 0 unspecified atom stereocenters. The number of thioether (sulfide) groups is 1. The average molecular weight is 402 g/mol. The van der Waals surface area contributed by atoms with Gasteiger partial charge in [0.15, 0.2) is 0 Å². The molecular weight excluding hydrogens is 374 g/mol. The monoisotopic (exact) mass is 401 g/mol. The molecule has 0 aliphatic rings. The van der Waals surface area contributed by atoms with E-state index in [1.165, 1.54) is 0 Å². The maximum absolute atomic E-state index is 12.4. The number of benzene rings is 2. The molecule has 2 amide bonds. The van der Waals surface area contributed by atoms with E-state index in [0.717, 1.165) is 21.9 Å². The molecule has 2 N–H and O–H groups in total. The summed E-state index contributed by atoms with van der Waals surface area (Å²) in [5.41, 5.74) is 1.76. The highest BCUT2D eigenvalue weighted by Gasteiger charge is 2.20. The molecule has 0 aromatic heterocycles. The van der Waals surface area contributed by atoms with E-state index in [4.69, 9.17) is 4.74 Å². The number of hydrogen-bond donors (Lipinski definition) is 2. The lowest BCUT2D eigenvalue weighted by Gasteiger charge is -2.23. The smallest absolute Gasteiger partial charge is 0.238 e. The van der Waals surface area contributed by atoms with E-state index in [-0.39, 0.29) is 18.4 Å². The van der Waals surface area contributed by atoms with Gasteiger partial charge in [0.2, 0.25) is 11.8 Å². The maximum atomic E-state index is 12.4. The van der Waals surface area contributed by atoms with Crippen molar-refractivity contribution >= 4 is 29.3 Å². The van der Waals surface area contributed by atoms with E-state index in [1.807, 2.05) is 54.8 Å². The van der Waals surface area contributed by atoms with Crippen molar-refractivity contribution in [3.8, 4) is 5.75 Å². The molecule has 0 bridgehead atoms. The first kappa shape index (κ1) is 21.8. The van der Waals surface area contributed by atoms with Gasteiger partial charge in [-0.2, -0.15) is 0 Å². The highest BCUT2D eigenvalue weighted by Crippen LogP contribution is 2.24. The predicted octanol–water partition coefficient (Wildman–Crippen LogP) is 2.99. The van der Waals surface area contributed by atoms with E-state index < -0.39 is 6.04 Å². The first-order chi connectivity index (χ1) is 13.4. The quantitative estimate of drug-likeness (QED) is 0.632. The van der Waals surface area contributed by atoms with Gasteiger partial charge in [-0.25, -0.2) is 0 Å². The van der Waals surface area contributed by atoms with Crippen LogP contribution in [0.25, 0.3) is 0 Å². The predicted molar refractivity (Wildman–Crippen MR) is 114 cm³/mol. The van der Waals surface area contributed by atoms with Crippen LogP contribution in [0.4, 0.5) is 5.69 Å². The van der Waals surface area contributed by atoms with Crippen molar-refractivity contribution in [3.05, 3.63) is 54.1 Å². The molecule has 0 radical (unpaired) electrons. The second kappa shape index (κ2) is 10.7. The van der Waals surface area contributed by atoms with Gasteiger partial charge in [0.25, 0.3) is 0 Å². The van der Waals surface area contributed by atoms with Crippen LogP contribution in [-0.2, 0) is 16.1 Å². The van der Waals surface area contributed by atoms with E-state index >= 15 is 0 Å². The zero-order valence-electron chi connectivity index (χ0n) is 16.7. The van der Waals surface area contributed by atoms with Gasteiger partial charge in [-0.3, -0.25) is 14.5 Å². The Morgan fingerprint density at radius 1 is 1.14 bits per heavy atom. The van der Waals surface area contributed by atoms with Crippen molar-refractivity contribution in [2.45, 2.75) is 24.4 Å². The molecule has 6 nitrogen and oxygen atoms in total. The zero-order chi connectivity index (χ0) is 20.5. The number of para-hydroxylation sites is 1. The first-order valence-electron chi connectivity index (χ1n) is 8.98. The summed E-state index contributed by atoms with van der Waals surface area (Å²) in [5.74, 6) is 0.492. The molecule has 0 aliphatic carbocycles. The Kier molecular flexibility index (Phi) is 8.35. The first-order valence-corrected chi connectivity index (χ1v) is 10.2. The number of likely N-dealkylation sites (N-methyl/N-ethyl adjacent to an activating group) is 1. The fraction of sp³-hybridized carbons (Fsp3) is 0.333. The number of carbonyl (C=O) groups excluding carboxylic acids is 2. The molecule has 7 heteroatoms. The van der Waals surface area contributed by atoms with Crippen molar-refractivity contribution in [1.82, 2.24) is 10.2 Å². The maximum Gasteiger partial charge on any atom is 0.238 e. The second-order valence-corrected chi connectivity index (χ2v) is 7.25. The lowest BCUT2D eigenvalue weighted by atomic mass is 10.2. The summed E-state index contributed by atoms with van der Waals surface area (Å²) in [4.78, 5) is 27.5. The Morgan fingerprint density at radius 2 is 1.82 bits per heavy atom. The van der Waals surface area contributed by atoms with Crippen LogP contribution in [0.5, 0.6) is 5.75 Å². The van der Waals surface area contributed by atoms with Gasteiger partial charge in [-0.1, -0.05) is 24.3 Å². The highest BCUT2D eigenvalue weighted by atomic mass is 32.2. The van der Waals surface area contributed by atoms with Crippen LogP contribution in [0, 0.1) is 0 Å². The van der Waals surface area contributed by atoms with Gasteiger partial charge in [0.05, 0.1) is 25.4 Å². The number of methoxy groups -OCH3 is 1. The van der Waals surface area contributed by atoms with Crippen LogP contribution < -0.4 is 15.4 Å².